The molecule has 0 unspecified atom stereocenters. The van der Waals surface area contributed by atoms with Crippen molar-refractivity contribution in [3.05, 3.63) is 30.1 Å². The maximum absolute atomic E-state index is 13.8. The molecule has 0 spiro atoms. The van der Waals surface area contributed by atoms with E-state index in [-0.39, 0.29) is 11.7 Å². The SMILES string of the molecule is CCN1CCC[C@@H]1CN(CCN(C)C)C(=O)Nc1ccccc1F. The highest BCUT2D eigenvalue weighted by atomic mass is 19.1. The third kappa shape index (κ3) is 5.18. The molecule has 1 heterocycles. The van der Waals surface area contributed by atoms with Crippen LogP contribution in [0.1, 0.15) is 19.8 Å². The van der Waals surface area contributed by atoms with Crippen LogP contribution in [-0.4, -0.2) is 73.6 Å². The zero-order valence-corrected chi connectivity index (χ0v) is 15.0. The molecule has 24 heavy (non-hydrogen) atoms. The van der Waals surface area contributed by atoms with Crippen molar-refractivity contribution in [2.75, 3.05) is 52.1 Å². The number of hydrogen-bond donors (Lipinski definition) is 1. The maximum atomic E-state index is 13.8. The van der Waals surface area contributed by atoms with E-state index in [9.17, 15) is 9.18 Å². The van der Waals surface area contributed by atoms with E-state index in [0.717, 1.165) is 26.1 Å². The maximum Gasteiger partial charge on any atom is 0.322 e. The Morgan fingerprint density at radius 1 is 1.33 bits per heavy atom. The van der Waals surface area contributed by atoms with E-state index >= 15 is 0 Å². The summed E-state index contributed by atoms with van der Waals surface area (Å²) in [6.07, 6.45) is 2.29. The van der Waals surface area contributed by atoms with Crippen LogP contribution >= 0.6 is 0 Å². The summed E-state index contributed by atoms with van der Waals surface area (Å²) in [7, 11) is 3.97. The Morgan fingerprint density at radius 2 is 2.08 bits per heavy atom. The predicted octanol–water partition coefficient (Wildman–Crippen LogP) is 2.71. The number of para-hydroxylation sites is 1. The number of carbonyl (C=O) groups is 1. The number of hydrogen-bond acceptors (Lipinski definition) is 3. The average molecular weight is 336 g/mol. The first kappa shape index (κ1) is 18.7. The zero-order valence-electron chi connectivity index (χ0n) is 15.0. The Balaban J connectivity index is 2.04. The summed E-state index contributed by atoms with van der Waals surface area (Å²) in [6.45, 7) is 6.34. The van der Waals surface area contributed by atoms with Crippen molar-refractivity contribution in [2.45, 2.75) is 25.8 Å². The van der Waals surface area contributed by atoms with Gasteiger partial charge in [0.2, 0.25) is 0 Å². The second kappa shape index (κ2) is 8.99. The summed E-state index contributed by atoms with van der Waals surface area (Å²) in [6, 6.07) is 6.44. The van der Waals surface area contributed by atoms with E-state index in [1.165, 1.54) is 12.5 Å². The van der Waals surface area contributed by atoms with Crippen molar-refractivity contribution in [1.82, 2.24) is 14.7 Å². The number of rotatable bonds is 7. The summed E-state index contributed by atoms with van der Waals surface area (Å²) < 4.78 is 13.8. The monoisotopic (exact) mass is 336 g/mol. The van der Waals surface area contributed by atoms with E-state index in [1.54, 1.807) is 18.2 Å². The first-order valence-corrected chi connectivity index (χ1v) is 8.70. The highest BCUT2D eigenvalue weighted by Crippen LogP contribution is 2.19. The van der Waals surface area contributed by atoms with Gasteiger partial charge in [-0.2, -0.15) is 0 Å². The number of urea groups is 1. The molecule has 0 saturated carbocycles. The standard InChI is InChI=1S/C18H29FN4O/c1-4-22-11-7-8-15(22)14-23(13-12-21(2)3)18(24)20-17-10-6-5-9-16(17)19/h5-6,9-10,15H,4,7-8,11-14H2,1-3H3,(H,20,24)/t15-/m1/s1. The smallest absolute Gasteiger partial charge is 0.322 e. The molecule has 6 heteroatoms. The molecule has 1 aromatic carbocycles. The molecule has 5 nitrogen and oxygen atoms in total. The molecule has 0 aliphatic carbocycles. The number of likely N-dealkylation sites (N-methyl/N-ethyl adjacent to an activating group) is 2. The molecule has 2 amide bonds. The lowest BCUT2D eigenvalue weighted by Gasteiger charge is -2.31. The fraction of sp³-hybridized carbons (Fsp3) is 0.611. The number of carbonyl (C=O) groups excluding carboxylic acids is 1. The van der Waals surface area contributed by atoms with Crippen LogP contribution in [0.2, 0.25) is 0 Å². The molecule has 1 fully saturated rings. The van der Waals surface area contributed by atoms with Crippen LogP contribution in [0.25, 0.3) is 0 Å². The van der Waals surface area contributed by atoms with Gasteiger partial charge in [0.05, 0.1) is 5.69 Å². The van der Waals surface area contributed by atoms with Gasteiger partial charge in [0.25, 0.3) is 0 Å². The molecule has 1 aliphatic rings. The van der Waals surface area contributed by atoms with Gasteiger partial charge < -0.3 is 15.1 Å². The van der Waals surface area contributed by atoms with Crippen molar-refractivity contribution in [3.63, 3.8) is 0 Å². The van der Waals surface area contributed by atoms with Gasteiger partial charge in [-0.05, 0) is 52.2 Å². The molecule has 0 bridgehead atoms. The topological polar surface area (TPSA) is 38.8 Å². The largest absolute Gasteiger partial charge is 0.322 e. The number of nitrogens with one attached hydrogen (secondary N) is 1. The van der Waals surface area contributed by atoms with E-state index < -0.39 is 5.82 Å². The van der Waals surface area contributed by atoms with Gasteiger partial charge in [0, 0.05) is 25.7 Å². The van der Waals surface area contributed by atoms with Gasteiger partial charge in [-0.3, -0.25) is 4.90 Å². The van der Waals surface area contributed by atoms with Crippen LogP contribution in [0.4, 0.5) is 14.9 Å². The minimum atomic E-state index is -0.408. The van der Waals surface area contributed by atoms with Crippen molar-refractivity contribution in [3.8, 4) is 0 Å². The number of nitrogens with zero attached hydrogens (tertiary/aromatic N) is 3. The normalized spacial score (nSPS) is 18.1. The van der Waals surface area contributed by atoms with Gasteiger partial charge in [0.1, 0.15) is 5.82 Å². The number of likely N-dealkylation sites (tertiary alicyclic amines) is 1. The Kier molecular flexibility index (Phi) is 6.99. The van der Waals surface area contributed by atoms with E-state index in [4.69, 9.17) is 0 Å². The van der Waals surface area contributed by atoms with Crippen molar-refractivity contribution >= 4 is 11.7 Å². The summed E-state index contributed by atoms with van der Waals surface area (Å²) in [5.74, 6) is -0.408. The van der Waals surface area contributed by atoms with Gasteiger partial charge in [0.15, 0.2) is 0 Å². The van der Waals surface area contributed by atoms with Crippen LogP contribution in [0.3, 0.4) is 0 Å². The van der Waals surface area contributed by atoms with E-state index in [0.29, 0.717) is 19.1 Å². The van der Waals surface area contributed by atoms with Gasteiger partial charge in [-0.15, -0.1) is 0 Å². The minimum absolute atomic E-state index is 0.232. The molecule has 1 saturated heterocycles. The summed E-state index contributed by atoms with van der Waals surface area (Å²) >= 11 is 0. The molecule has 0 aromatic heterocycles. The third-order valence-electron chi connectivity index (χ3n) is 4.56. The first-order valence-electron chi connectivity index (χ1n) is 8.70. The molecule has 0 radical (unpaired) electrons. The molecule has 1 atom stereocenters. The molecule has 1 aliphatic heterocycles. The minimum Gasteiger partial charge on any atom is -0.322 e. The van der Waals surface area contributed by atoms with Gasteiger partial charge in [-0.25, -0.2) is 9.18 Å². The highest BCUT2D eigenvalue weighted by molar-refractivity contribution is 5.89. The predicted molar refractivity (Wildman–Crippen MR) is 95.8 cm³/mol. The number of amides is 2. The van der Waals surface area contributed by atoms with Crippen molar-refractivity contribution in [2.24, 2.45) is 0 Å². The fourth-order valence-electron chi connectivity index (χ4n) is 3.13. The second-order valence-electron chi connectivity index (χ2n) is 6.58. The van der Waals surface area contributed by atoms with Crippen LogP contribution in [0, 0.1) is 5.82 Å². The lowest BCUT2D eigenvalue weighted by molar-refractivity contribution is 0.172. The fourth-order valence-corrected chi connectivity index (χ4v) is 3.13. The number of anilines is 1. The van der Waals surface area contributed by atoms with Crippen molar-refractivity contribution in [1.29, 1.82) is 0 Å². The third-order valence-corrected chi connectivity index (χ3v) is 4.56. The highest BCUT2D eigenvalue weighted by Gasteiger charge is 2.27. The quantitative estimate of drug-likeness (QED) is 0.832. The summed E-state index contributed by atoms with van der Waals surface area (Å²) in [4.78, 5) is 18.9. The van der Waals surface area contributed by atoms with Crippen molar-refractivity contribution < 1.29 is 9.18 Å². The van der Waals surface area contributed by atoms with E-state index in [1.807, 2.05) is 19.0 Å². The number of halogens is 1. The summed E-state index contributed by atoms with van der Waals surface area (Å²) in [5, 5.41) is 2.72. The van der Waals surface area contributed by atoms with Gasteiger partial charge >= 0.3 is 6.03 Å². The Morgan fingerprint density at radius 3 is 2.75 bits per heavy atom. The molecular formula is C18H29FN4O. The number of benzene rings is 1. The first-order chi connectivity index (χ1) is 11.5. The van der Waals surface area contributed by atoms with Crippen LogP contribution in [0.15, 0.2) is 24.3 Å². The lowest BCUT2D eigenvalue weighted by atomic mass is 10.2. The summed E-state index contributed by atoms with van der Waals surface area (Å²) in [5.41, 5.74) is 0.233. The second-order valence-corrected chi connectivity index (χ2v) is 6.58. The van der Waals surface area contributed by atoms with Gasteiger partial charge in [-0.1, -0.05) is 19.1 Å². The molecule has 1 aromatic rings. The molecule has 1 N–H and O–H groups in total. The Bertz CT molecular complexity index is 538. The molecular weight excluding hydrogens is 307 g/mol. The average Bonchev–Trinajstić information content (AvgIpc) is 3.00. The lowest BCUT2D eigenvalue weighted by Crippen LogP contribution is -2.46. The van der Waals surface area contributed by atoms with E-state index in [2.05, 4.69) is 22.0 Å². The van der Waals surface area contributed by atoms with Crippen LogP contribution in [0.5, 0.6) is 0 Å². The Labute approximate surface area is 144 Å². The Hall–Kier alpha value is -1.66. The zero-order chi connectivity index (χ0) is 17.5. The van der Waals surface area contributed by atoms with Crippen LogP contribution in [-0.2, 0) is 0 Å². The molecule has 2 rings (SSSR count). The molecule has 134 valence electrons. The van der Waals surface area contributed by atoms with Crippen LogP contribution < -0.4 is 5.32 Å².